The number of nitrogens with two attached hydrogens (primary N) is 1. The molecule has 2 N–H and O–H groups in total. The van der Waals surface area contributed by atoms with Crippen LogP contribution in [0, 0.1) is 5.41 Å². The highest BCUT2D eigenvalue weighted by atomic mass is 16.1. The molecule has 0 aromatic heterocycles. The molecule has 0 aromatic rings. The Balaban J connectivity index is 3.80. The highest BCUT2D eigenvalue weighted by Gasteiger charge is 2.20. The van der Waals surface area contributed by atoms with Gasteiger partial charge in [-0.05, 0) is 0 Å². The van der Waals surface area contributed by atoms with Gasteiger partial charge in [0.05, 0.1) is 0 Å². The van der Waals surface area contributed by atoms with E-state index in [1.54, 1.807) is 0 Å². The number of hydrogen-bond donors (Lipinski definition) is 1. The van der Waals surface area contributed by atoms with Crippen LogP contribution in [-0.2, 0) is 9.59 Å². The summed E-state index contributed by atoms with van der Waals surface area (Å²) in [7, 11) is 0. The first-order valence-corrected chi connectivity index (χ1v) is 3.65. The number of carbonyl (C=O) groups is 2. The van der Waals surface area contributed by atoms with E-state index in [1.807, 2.05) is 20.8 Å². The zero-order valence-corrected chi connectivity index (χ0v) is 7.31. The third kappa shape index (κ3) is 4.53. The summed E-state index contributed by atoms with van der Waals surface area (Å²) in [6.07, 6.45) is 0.426. The van der Waals surface area contributed by atoms with Gasteiger partial charge in [-0.25, -0.2) is 0 Å². The molecular formula is C8H15NO2. The van der Waals surface area contributed by atoms with Crippen LogP contribution in [0.4, 0.5) is 0 Å². The van der Waals surface area contributed by atoms with Gasteiger partial charge in [0.15, 0.2) is 0 Å². The summed E-state index contributed by atoms with van der Waals surface area (Å²) in [6, 6.07) is 0. The maximum atomic E-state index is 11.2. The standard InChI is InChI=1S/C8H15NO2/c1-8(2,3)6(10)4-5-7(9)11/h4-5H2,1-3H3,(H2,9,11). The highest BCUT2D eigenvalue weighted by molar-refractivity contribution is 5.87. The second-order valence-corrected chi connectivity index (χ2v) is 3.64. The van der Waals surface area contributed by atoms with Crippen LogP contribution < -0.4 is 5.73 Å². The Morgan fingerprint density at radius 2 is 1.64 bits per heavy atom. The Labute approximate surface area is 67.0 Å². The van der Waals surface area contributed by atoms with Gasteiger partial charge in [0, 0.05) is 18.3 Å². The minimum atomic E-state index is -0.414. The van der Waals surface area contributed by atoms with Gasteiger partial charge in [-0.15, -0.1) is 0 Å². The van der Waals surface area contributed by atoms with E-state index in [2.05, 4.69) is 0 Å². The van der Waals surface area contributed by atoms with E-state index >= 15 is 0 Å². The lowest BCUT2D eigenvalue weighted by Crippen LogP contribution is -2.22. The van der Waals surface area contributed by atoms with Crippen LogP contribution in [0.15, 0.2) is 0 Å². The first-order valence-electron chi connectivity index (χ1n) is 3.65. The molecule has 0 aliphatic rings. The van der Waals surface area contributed by atoms with E-state index in [0.29, 0.717) is 0 Å². The predicted molar refractivity (Wildman–Crippen MR) is 42.9 cm³/mol. The first kappa shape index (κ1) is 10.1. The quantitative estimate of drug-likeness (QED) is 0.660. The van der Waals surface area contributed by atoms with Crippen molar-refractivity contribution in [1.29, 1.82) is 0 Å². The number of amides is 1. The van der Waals surface area contributed by atoms with Crippen molar-refractivity contribution in [3.63, 3.8) is 0 Å². The molecule has 0 heterocycles. The van der Waals surface area contributed by atoms with Gasteiger partial charge >= 0.3 is 0 Å². The summed E-state index contributed by atoms with van der Waals surface area (Å²) in [4.78, 5) is 21.5. The summed E-state index contributed by atoms with van der Waals surface area (Å²) in [6.45, 7) is 5.49. The molecule has 0 atom stereocenters. The summed E-state index contributed by atoms with van der Waals surface area (Å²) in [5.41, 5.74) is 4.54. The van der Waals surface area contributed by atoms with E-state index in [0.717, 1.165) is 0 Å². The Bertz CT molecular complexity index is 167. The van der Waals surface area contributed by atoms with Crippen LogP contribution in [0.25, 0.3) is 0 Å². The predicted octanol–water partition coefficient (Wildman–Crippen LogP) is 0.867. The minimum absolute atomic E-state index is 0.0799. The summed E-state index contributed by atoms with van der Waals surface area (Å²) < 4.78 is 0. The van der Waals surface area contributed by atoms with Gasteiger partial charge in [0.2, 0.25) is 5.91 Å². The SMILES string of the molecule is CC(C)(C)C(=O)CCC(N)=O. The number of Topliss-reactive ketones (excluding diaryl/α,β-unsaturated/α-hetero) is 1. The van der Waals surface area contributed by atoms with Crippen molar-refractivity contribution in [2.24, 2.45) is 11.1 Å². The van der Waals surface area contributed by atoms with Crippen molar-refractivity contribution in [3.8, 4) is 0 Å². The average molecular weight is 157 g/mol. The zero-order valence-electron chi connectivity index (χ0n) is 7.31. The lowest BCUT2D eigenvalue weighted by Gasteiger charge is -2.15. The fourth-order valence-corrected chi connectivity index (χ4v) is 0.612. The largest absolute Gasteiger partial charge is 0.370 e. The molecule has 0 unspecified atom stereocenters. The molecule has 3 heteroatoms. The fraction of sp³-hybridized carbons (Fsp3) is 0.750. The third-order valence-electron chi connectivity index (χ3n) is 1.43. The van der Waals surface area contributed by atoms with Crippen LogP contribution in [0.3, 0.4) is 0 Å². The monoisotopic (exact) mass is 157 g/mol. The first-order chi connectivity index (χ1) is 4.84. The van der Waals surface area contributed by atoms with Gasteiger partial charge in [0.25, 0.3) is 0 Å². The molecule has 64 valence electrons. The number of primary amides is 1. The van der Waals surface area contributed by atoms with Crippen molar-refractivity contribution in [1.82, 2.24) is 0 Å². The number of carbonyl (C=O) groups excluding carboxylic acids is 2. The smallest absolute Gasteiger partial charge is 0.217 e. The summed E-state index contributed by atoms with van der Waals surface area (Å²) in [5, 5.41) is 0. The molecule has 3 nitrogen and oxygen atoms in total. The molecule has 0 saturated heterocycles. The van der Waals surface area contributed by atoms with Crippen LogP contribution in [-0.4, -0.2) is 11.7 Å². The van der Waals surface area contributed by atoms with Crippen LogP contribution in [0.1, 0.15) is 33.6 Å². The lowest BCUT2D eigenvalue weighted by molar-refractivity contribution is -0.128. The van der Waals surface area contributed by atoms with Crippen molar-refractivity contribution < 1.29 is 9.59 Å². The maximum Gasteiger partial charge on any atom is 0.217 e. The van der Waals surface area contributed by atoms with Gasteiger partial charge in [-0.3, -0.25) is 9.59 Å². The van der Waals surface area contributed by atoms with Crippen molar-refractivity contribution in [2.45, 2.75) is 33.6 Å². The molecule has 0 rings (SSSR count). The van der Waals surface area contributed by atoms with Crippen LogP contribution in [0.2, 0.25) is 0 Å². The zero-order chi connectivity index (χ0) is 9.07. The van der Waals surface area contributed by atoms with E-state index in [-0.39, 0.29) is 24.0 Å². The summed E-state index contributed by atoms with van der Waals surface area (Å²) >= 11 is 0. The second kappa shape index (κ2) is 3.51. The van der Waals surface area contributed by atoms with Gasteiger partial charge in [-0.1, -0.05) is 20.8 Å². The van der Waals surface area contributed by atoms with Gasteiger partial charge < -0.3 is 5.73 Å². The van der Waals surface area contributed by atoms with E-state index in [4.69, 9.17) is 5.73 Å². The molecule has 0 aliphatic heterocycles. The third-order valence-corrected chi connectivity index (χ3v) is 1.43. The maximum absolute atomic E-state index is 11.2. The molecule has 0 saturated carbocycles. The van der Waals surface area contributed by atoms with E-state index in [9.17, 15) is 9.59 Å². The highest BCUT2D eigenvalue weighted by Crippen LogP contribution is 2.17. The van der Waals surface area contributed by atoms with Gasteiger partial charge in [0.1, 0.15) is 5.78 Å². The number of hydrogen-bond acceptors (Lipinski definition) is 2. The molecule has 0 aromatic carbocycles. The van der Waals surface area contributed by atoms with E-state index in [1.165, 1.54) is 0 Å². The average Bonchev–Trinajstić information content (AvgIpc) is 1.80. The van der Waals surface area contributed by atoms with Crippen LogP contribution in [0.5, 0.6) is 0 Å². The summed E-state index contributed by atoms with van der Waals surface area (Å²) in [5.74, 6) is -0.334. The van der Waals surface area contributed by atoms with Gasteiger partial charge in [-0.2, -0.15) is 0 Å². The molecule has 0 spiro atoms. The number of ketones is 1. The Morgan fingerprint density at radius 3 is 1.91 bits per heavy atom. The normalized spacial score (nSPS) is 11.2. The molecule has 0 radical (unpaired) electrons. The molecular weight excluding hydrogens is 142 g/mol. The number of rotatable bonds is 3. The van der Waals surface area contributed by atoms with E-state index < -0.39 is 5.91 Å². The molecule has 0 aliphatic carbocycles. The van der Waals surface area contributed by atoms with Crippen LogP contribution >= 0.6 is 0 Å². The topological polar surface area (TPSA) is 60.2 Å². The molecule has 11 heavy (non-hydrogen) atoms. The molecule has 0 fully saturated rings. The second-order valence-electron chi connectivity index (χ2n) is 3.64. The minimum Gasteiger partial charge on any atom is -0.370 e. The molecule has 0 bridgehead atoms. The molecule has 1 amide bonds. The fourth-order valence-electron chi connectivity index (χ4n) is 0.612. The Kier molecular flexibility index (Phi) is 3.23. The Morgan fingerprint density at radius 1 is 1.18 bits per heavy atom. The van der Waals surface area contributed by atoms with Crippen molar-refractivity contribution in [2.75, 3.05) is 0 Å². The van der Waals surface area contributed by atoms with Crippen molar-refractivity contribution in [3.05, 3.63) is 0 Å². The van der Waals surface area contributed by atoms with Crippen molar-refractivity contribution >= 4 is 11.7 Å². The Hall–Kier alpha value is -0.860. The lowest BCUT2D eigenvalue weighted by atomic mass is 9.88.